The molecule has 146 valence electrons. The van der Waals surface area contributed by atoms with E-state index < -0.39 is 0 Å². The van der Waals surface area contributed by atoms with Gasteiger partial charge >= 0.3 is 5.82 Å². The van der Waals surface area contributed by atoms with Gasteiger partial charge in [0.25, 0.3) is 5.91 Å². The van der Waals surface area contributed by atoms with Crippen molar-refractivity contribution in [3.63, 3.8) is 0 Å². The number of hydrogen-bond donors (Lipinski definition) is 3. The number of amides is 1. The highest BCUT2D eigenvalue weighted by Crippen LogP contribution is 2.21. The standard InChI is InChI=1S/C19H17N7O3/c1-28-15-9-5-2-6-12(15)10-21-23-16(27)11-26-14-8-4-3-7-13(14)22-19(26)17-18(20)25-29-24-17/h2-10H,11H2,1H3,(H3,20,23,25,27)/p+1. The van der Waals surface area contributed by atoms with Crippen molar-refractivity contribution in [3.8, 4) is 17.3 Å². The molecule has 4 N–H and O–H groups in total. The average molecular weight is 392 g/mol. The maximum absolute atomic E-state index is 12.5. The van der Waals surface area contributed by atoms with Crippen molar-refractivity contribution in [2.24, 2.45) is 5.10 Å². The number of hydrogen-bond acceptors (Lipinski definition) is 7. The number of carbonyl (C=O) groups is 1. The number of carbonyl (C=O) groups excluding carboxylic acids is 1. The van der Waals surface area contributed by atoms with Crippen LogP contribution in [0.3, 0.4) is 0 Å². The Labute approximate surface area is 164 Å². The number of benzene rings is 2. The van der Waals surface area contributed by atoms with Gasteiger partial charge in [-0.25, -0.2) is 19.6 Å². The predicted molar refractivity (Wildman–Crippen MR) is 105 cm³/mol. The van der Waals surface area contributed by atoms with Gasteiger partial charge in [0.15, 0.2) is 17.6 Å². The van der Waals surface area contributed by atoms with Gasteiger partial charge in [0.05, 0.1) is 13.3 Å². The van der Waals surface area contributed by atoms with Gasteiger partial charge in [0, 0.05) is 5.56 Å². The number of methoxy groups -OCH3 is 1. The Morgan fingerprint density at radius 2 is 2.07 bits per heavy atom. The lowest BCUT2D eigenvalue weighted by Gasteiger charge is -2.03. The molecule has 2 aromatic heterocycles. The molecule has 0 aliphatic heterocycles. The molecule has 10 nitrogen and oxygen atoms in total. The van der Waals surface area contributed by atoms with Crippen LogP contribution in [-0.2, 0) is 11.3 Å². The van der Waals surface area contributed by atoms with E-state index in [0.717, 1.165) is 16.6 Å². The van der Waals surface area contributed by atoms with E-state index in [1.807, 2.05) is 48.5 Å². The fourth-order valence-corrected chi connectivity index (χ4v) is 2.97. The van der Waals surface area contributed by atoms with E-state index in [9.17, 15) is 4.79 Å². The molecule has 0 unspecified atom stereocenters. The first-order valence-corrected chi connectivity index (χ1v) is 8.71. The Morgan fingerprint density at radius 1 is 1.28 bits per heavy atom. The summed E-state index contributed by atoms with van der Waals surface area (Å²) < 4.78 is 11.7. The largest absolute Gasteiger partial charge is 0.496 e. The molecule has 0 radical (unpaired) electrons. The number of hydrazone groups is 1. The maximum Gasteiger partial charge on any atom is 0.314 e. The number of nitrogens with two attached hydrogens (primary N) is 1. The number of fused-ring (bicyclic) bond motifs is 1. The third-order valence-corrected chi connectivity index (χ3v) is 4.29. The van der Waals surface area contributed by atoms with Gasteiger partial charge in [0.1, 0.15) is 5.75 Å². The second-order valence-electron chi connectivity index (χ2n) is 6.11. The summed E-state index contributed by atoms with van der Waals surface area (Å²) in [5.74, 6) is 0.962. The maximum atomic E-state index is 12.5. The fraction of sp³-hybridized carbons (Fsp3) is 0.105. The van der Waals surface area contributed by atoms with E-state index in [0.29, 0.717) is 17.3 Å². The van der Waals surface area contributed by atoms with Gasteiger partial charge in [0.2, 0.25) is 11.5 Å². The van der Waals surface area contributed by atoms with Crippen molar-refractivity contribution in [2.45, 2.75) is 6.54 Å². The summed E-state index contributed by atoms with van der Waals surface area (Å²) in [6.07, 6.45) is 1.52. The van der Waals surface area contributed by atoms with Crippen LogP contribution in [0.25, 0.3) is 22.6 Å². The smallest absolute Gasteiger partial charge is 0.314 e. The van der Waals surface area contributed by atoms with E-state index in [-0.39, 0.29) is 18.3 Å². The highest BCUT2D eigenvalue weighted by molar-refractivity contribution is 5.85. The molecule has 0 spiro atoms. The minimum absolute atomic E-state index is 0.0189. The molecule has 1 amide bonds. The summed E-state index contributed by atoms with van der Waals surface area (Å²) in [5, 5.41) is 11.5. The lowest BCUT2D eigenvalue weighted by Crippen LogP contribution is -2.42. The average Bonchev–Trinajstić information content (AvgIpc) is 3.32. The third kappa shape index (κ3) is 3.63. The second-order valence-corrected chi connectivity index (χ2v) is 6.11. The van der Waals surface area contributed by atoms with Crippen molar-refractivity contribution in [2.75, 3.05) is 12.8 Å². The number of rotatable bonds is 6. The van der Waals surface area contributed by atoms with E-state index in [1.54, 1.807) is 11.7 Å². The van der Waals surface area contributed by atoms with Crippen LogP contribution >= 0.6 is 0 Å². The van der Waals surface area contributed by atoms with Gasteiger partial charge in [-0.15, -0.1) is 0 Å². The molecule has 29 heavy (non-hydrogen) atoms. The van der Waals surface area contributed by atoms with Crippen molar-refractivity contribution in [3.05, 3.63) is 54.1 Å². The van der Waals surface area contributed by atoms with E-state index in [4.69, 9.17) is 15.1 Å². The van der Waals surface area contributed by atoms with Crippen LogP contribution in [0, 0.1) is 0 Å². The summed E-state index contributed by atoms with van der Waals surface area (Å²) in [6.45, 7) is -0.0189. The van der Waals surface area contributed by atoms with Crippen LogP contribution in [0.4, 0.5) is 5.82 Å². The highest BCUT2D eigenvalue weighted by Gasteiger charge is 2.27. The van der Waals surface area contributed by atoms with Crippen molar-refractivity contribution < 1.29 is 18.7 Å². The van der Waals surface area contributed by atoms with Crippen LogP contribution < -0.4 is 20.5 Å². The van der Waals surface area contributed by atoms with E-state index in [1.165, 1.54) is 6.21 Å². The molecule has 0 aliphatic rings. The molecule has 0 bridgehead atoms. The van der Waals surface area contributed by atoms with Gasteiger partial charge in [-0.1, -0.05) is 24.3 Å². The first-order valence-electron chi connectivity index (χ1n) is 8.71. The number of aromatic amines is 1. The molecule has 0 aliphatic carbocycles. The van der Waals surface area contributed by atoms with Crippen LogP contribution in [0.2, 0.25) is 0 Å². The van der Waals surface area contributed by atoms with Gasteiger partial charge < -0.3 is 10.5 Å². The molecule has 0 saturated heterocycles. The first-order chi connectivity index (χ1) is 14.2. The van der Waals surface area contributed by atoms with Crippen LogP contribution in [0.1, 0.15) is 5.56 Å². The van der Waals surface area contributed by atoms with Crippen molar-refractivity contribution >= 4 is 29.0 Å². The Morgan fingerprint density at radius 3 is 2.86 bits per heavy atom. The number of nitrogen functional groups attached to an aromatic ring is 1. The minimum Gasteiger partial charge on any atom is -0.496 e. The molecule has 0 saturated carbocycles. The second kappa shape index (κ2) is 7.80. The number of para-hydroxylation sites is 3. The zero-order valence-electron chi connectivity index (χ0n) is 15.5. The number of H-pyrrole nitrogens is 1. The quantitative estimate of drug-likeness (QED) is 0.257. The summed E-state index contributed by atoms with van der Waals surface area (Å²) in [5.41, 5.74) is 11.0. The molecule has 10 heteroatoms. The molecule has 4 rings (SSSR count). The van der Waals surface area contributed by atoms with Gasteiger partial charge in [-0.2, -0.15) is 5.10 Å². The van der Waals surface area contributed by atoms with Crippen LogP contribution in [0.15, 0.2) is 58.3 Å². The number of nitrogens with zero attached hydrogens (tertiary/aromatic N) is 4. The monoisotopic (exact) mass is 392 g/mol. The molecular weight excluding hydrogens is 374 g/mol. The molecule has 4 aromatic rings. The first kappa shape index (κ1) is 18.2. The van der Waals surface area contributed by atoms with E-state index >= 15 is 0 Å². The number of aromatic nitrogens is 4. The van der Waals surface area contributed by atoms with Crippen LogP contribution in [-0.4, -0.2) is 34.5 Å². The van der Waals surface area contributed by atoms with E-state index in [2.05, 4.69) is 25.8 Å². The van der Waals surface area contributed by atoms with Crippen LogP contribution in [0.5, 0.6) is 5.75 Å². The lowest BCUT2D eigenvalue weighted by atomic mass is 10.2. The van der Waals surface area contributed by atoms with Crippen molar-refractivity contribution in [1.29, 1.82) is 0 Å². The SMILES string of the molecule is COc1ccccc1C=NNC(=O)C[n+]1c(-c2nonc2N)[nH]c2ccccc21. The zero-order chi connectivity index (χ0) is 20.2. The number of ether oxygens (including phenoxy) is 1. The summed E-state index contributed by atoms with van der Waals surface area (Å²) in [6, 6.07) is 14.9. The Hall–Kier alpha value is -4.21. The summed E-state index contributed by atoms with van der Waals surface area (Å²) in [7, 11) is 1.57. The fourth-order valence-electron chi connectivity index (χ4n) is 2.97. The Balaban J connectivity index is 1.58. The predicted octanol–water partition coefficient (Wildman–Crippen LogP) is 1.25. The number of nitrogens with one attached hydrogen (secondary N) is 2. The van der Waals surface area contributed by atoms with Gasteiger partial charge in [-0.3, -0.25) is 4.79 Å². The molecule has 2 heterocycles. The Kier molecular flexibility index (Phi) is 4.89. The normalized spacial score (nSPS) is 11.2. The zero-order valence-corrected chi connectivity index (χ0v) is 15.5. The molecule has 2 aromatic carbocycles. The highest BCUT2D eigenvalue weighted by atomic mass is 16.6. The molecule has 0 fully saturated rings. The summed E-state index contributed by atoms with van der Waals surface area (Å²) >= 11 is 0. The molecular formula is C19H18N7O3+. The lowest BCUT2D eigenvalue weighted by molar-refractivity contribution is -0.647. The third-order valence-electron chi connectivity index (χ3n) is 4.29. The topological polar surface area (TPSA) is 135 Å². The van der Waals surface area contributed by atoms with Crippen molar-refractivity contribution in [1.82, 2.24) is 20.7 Å². The number of imidazole rings is 1. The minimum atomic E-state index is -0.331. The number of anilines is 1. The Bertz CT molecular complexity index is 1200. The molecule has 0 atom stereocenters. The summed E-state index contributed by atoms with van der Waals surface area (Å²) in [4.78, 5) is 15.7. The van der Waals surface area contributed by atoms with Gasteiger partial charge in [-0.05, 0) is 34.6 Å².